The zero-order valence-electron chi connectivity index (χ0n) is 10.5. The van der Waals surface area contributed by atoms with Crippen LogP contribution in [-0.2, 0) is 9.84 Å². The molecule has 0 radical (unpaired) electrons. The number of furan rings is 1. The molecule has 0 fully saturated rings. The van der Waals surface area contributed by atoms with Crippen molar-refractivity contribution >= 4 is 31.8 Å². The maximum absolute atomic E-state index is 11.4. The van der Waals surface area contributed by atoms with Crippen molar-refractivity contribution in [3.63, 3.8) is 0 Å². The molecule has 0 N–H and O–H groups in total. The summed E-state index contributed by atoms with van der Waals surface area (Å²) in [4.78, 5) is -0.328. The van der Waals surface area contributed by atoms with Crippen molar-refractivity contribution < 1.29 is 12.8 Å². The van der Waals surface area contributed by atoms with E-state index in [-0.39, 0.29) is 4.91 Å². The number of rotatable bonds is 3. The lowest BCUT2D eigenvalue weighted by atomic mass is 10.2. The van der Waals surface area contributed by atoms with Crippen molar-refractivity contribution in [2.45, 2.75) is 0 Å². The van der Waals surface area contributed by atoms with E-state index in [2.05, 4.69) is 15.9 Å². The second kappa shape index (κ2) is 5.65. The van der Waals surface area contributed by atoms with E-state index in [1.54, 1.807) is 18.2 Å². The maximum atomic E-state index is 11.4. The third kappa shape index (κ3) is 3.18. The van der Waals surface area contributed by atoms with Crippen molar-refractivity contribution in [1.82, 2.24) is 0 Å². The lowest BCUT2D eigenvalue weighted by molar-refractivity contribution is 0.571. The van der Waals surface area contributed by atoms with Crippen LogP contribution in [0.5, 0.6) is 0 Å². The highest BCUT2D eigenvalue weighted by Crippen LogP contribution is 2.30. The predicted molar refractivity (Wildman–Crippen MR) is 80.3 cm³/mol. The van der Waals surface area contributed by atoms with Crippen molar-refractivity contribution in [3.8, 4) is 17.4 Å². The van der Waals surface area contributed by atoms with Crippen molar-refractivity contribution in [3.05, 3.63) is 51.5 Å². The molecule has 0 amide bonds. The van der Waals surface area contributed by atoms with E-state index in [1.807, 2.05) is 24.3 Å². The van der Waals surface area contributed by atoms with Gasteiger partial charge >= 0.3 is 0 Å². The Bertz CT molecular complexity index is 813. The van der Waals surface area contributed by atoms with Gasteiger partial charge in [-0.15, -0.1) is 0 Å². The Labute approximate surface area is 125 Å². The topological polar surface area (TPSA) is 71.1 Å². The average molecular weight is 352 g/mol. The largest absolute Gasteiger partial charge is 0.457 e. The molecule has 1 aromatic heterocycles. The first-order valence-corrected chi connectivity index (χ1v) is 8.27. The van der Waals surface area contributed by atoms with Gasteiger partial charge in [-0.3, -0.25) is 0 Å². The first kappa shape index (κ1) is 14.6. The predicted octanol–water partition coefficient (Wildman–Crippen LogP) is 3.62. The molecule has 2 rings (SSSR count). The molecular weight excluding hydrogens is 342 g/mol. The summed E-state index contributed by atoms with van der Waals surface area (Å²) < 4.78 is 29.1. The minimum Gasteiger partial charge on any atom is -0.457 e. The van der Waals surface area contributed by atoms with Crippen molar-refractivity contribution in [2.24, 2.45) is 0 Å². The molecule has 0 saturated heterocycles. The number of sulfone groups is 1. The fraction of sp³-hybridized carbons (Fsp3) is 0.0714. The maximum Gasteiger partial charge on any atom is 0.185 e. The zero-order chi connectivity index (χ0) is 14.8. The minimum absolute atomic E-state index is 0.317. The molecule has 0 aliphatic carbocycles. The fourth-order valence-corrected chi connectivity index (χ4v) is 2.56. The third-order valence-corrected chi connectivity index (χ3v) is 4.25. The van der Waals surface area contributed by atoms with Crippen LogP contribution in [0, 0.1) is 11.3 Å². The van der Waals surface area contributed by atoms with Gasteiger partial charge in [0.2, 0.25) is 0 Å². The first-order valence-electron chi connectivity index (χ1n) is 5.58. The van der Waals surface area contributed by atoms with Gasteiger partial charge in [-0.2, -0.15) is 5.26 Å². The van der Waals surface area contributed by atoms with Crippen molar-refractivity contribution in [1.29, 1.82) is 5.26 Å². The molecule has 1 heterocycles. The van der Waals surface area contributed by atoms with Crippen LogP contribution in [0.25, 0.3) is 17.4 Å². The summed E-state index contributed by atoms with van der Waals surface area (Å²) in [5.41, 5.74) is 0.852. The molecule has 4 nitrogen and oxygen atoms in total. The van der Waals surface area contributed by atoms with E-state index >= 15 is 0 Å². The van der Waals surface area contributed by atoms with Crippen LogP contribution >= 0.6 is 15.9 Å². The minimum atomic E-state index is -3.55. The highest BCUT2D eigenvalue weighted by molar-refractivity contribution is 9.10. The highest BCUT2D eigenvalue weighted by Gasteiger charge is 2.12. The first-order chi connectivity index (χ1) is 9.41. The SMILES string of the molecule is CS(=O)(=O)/C(C#N)=C/c1ccc(-c2ccccc2Br)o1. The summed E-state index contributed by atoms with van der Waals surface area (Å²) in [5.74, 6) is 0.909. The number of nitrogens with zero attached hydrogens (tertiary/aromatic N) is 1. The van der Waals surface area contributed by atoms with Gasteiger partial charge in [-0.1, -0.05) is 34.1 Å². The normalized spacial score (nSPS) is 12.2. The van der Waals surface area contributed by atoms with E-state index in [9.17, 15) is 8.42 Å². The van der Waals surface area contributed by atoms with Gasteiger partial charge in [0.1, 0.15) is 22.5 Å². The molecule has 2 aromatic rings. The van der Waals surface area contributed by atoms with E-state index < -0.39 is 9.84 Å². The Kier molecular flexibility index (Phi) is 4.12. The summed E-state index contributed by atoms with van der Waals surface area (Å²) in [6.45, 7) is 0. The quantitative estimate of drug-likeness (QED) is 0.791. The summed E-state index contributed by atoms with van der Waals surface area (Å²) in [6.07, 6.45) is 2.20. The van der Waals surface area contributed by atoms with E-state index in [0.29, 0.717) is 11.5 Å². The number of hydrogen-bond donors (Lipinski definition) is 0. The molecular formula is C14H10BrNO3S. The molecule has 0 aliphatic rings. The van der Waals surface area contributed by atoms with E-state index in [4.69, 9.17) is 9.68 Å². The Morgan fingerprint density at radius 2 is 2.00 bits per heavy atom. The average Bonchev–Trinajstić information content (AvgIpc) is 2.83. The van der Waals surface area contributed by atoms with Gasteiger partial charge < -0.3 is 4.42 Å². The molecule has 1 aromatic carbocycles. The molecule has 0 bridgehead atoms. The molecule has 0 atom stereocenters. The highest BCUT2D eigenvalue weighted by atomic mass is 79.9. The molecule has 20 heavy (non-hydrogen) atoms. The molecule has 6 heteroatoms. The standard InChI is InChI=1S/C14H10BrNO3S/c1-20(17,18)11(9-16)8-10-6-7-14(19-10)12-4-2-3-5-13(12)15/h2-8H,1H3/b11-8+. The van der Waals surface area contributed by atoms with E-state index in [0.717, 1.165) is 16.3 Å². The number of benzene rings is 1. The Morgan fingerprint density at radius 3 is 2.60 bits per heavy atom. The van der Waals surface area contributed by atoms with Gasteiger partial charge in [0.15, 0.2) is 9.84 Å². The lowest BCUT2D eigenvalue weighted by Gasteiger charge is -1.99. The van der Waals surface area contributed by atoms with Gasteiger partial charge in [-0.25, -0.2) is 8.42 Å². The second-order valence-electron chi connectivity index (χ2n) is 4.07. The molecule has 0 spiro atoms. The second-order valence-corrected chi connectivity index (χ2v) is 6.91. The van der Waals surface area contributed by atoms with Crippen molar-refractivity contribution in [2.75, 3.05) is 6.26 Å². The number of hydrogen-bond acceptors (Lipinski definition) is 4. The number of nitriles is 1. The fourth-order valence-electron chi connectivity index (χ4n) is 1.59. The van der Waals surface area contributed by atoms with E-state index in [1.165, 1.54) is 6.08 Å². The summed E-state index contributed by atoms with van der Waals surface area (Å²) in [5, 5.41) is 8.84. The zero-order valence-corrected chi connectivity index (χ0v) is 12.9. The van der Waals surface area contributed by atoms with Gasteiger partial charge in [0, 0.05) is 22.4 Å². The van der Waals surface area contributed by atoms with Crippen LogP contribution in [0.15, 0.2) is 50.2 Å². The monoisotopic (exact) mass is 351 g/mol. The summed E-state index contributed by atoms with van der Waals surface area (Å²) in [7, 11) is -3.55. The molecule has 0 unspecified atom stereocenters. The summed E-state index contributed by atoms with van der Waals surface area (Å²) in [6, 6.07) is 12.5. The van der Waals surface area contributed by atoms with Crippen LogP contribution in [0.4, 0.5) is 0 Å². The number of halogens is 1. The molecule has 0 saturated carbocycles. The van der Waals surface area contributed by atoms with Gasteiger partial charge in [0.25, 0.3) is 0 Å². The lowest BCUT2D eigenvalue weighted by Crippen LogP contribution is -1.97. The van der Waals surface area contributed by atoms with Gasteiger partial charge in [-0.05, 0) is 18.2 Å². The Balaban J connectivity index is 2.43. The number of allylic oxidation sites excluding steroid dienone is 1. The van der Waals surface area contributed by atoms with Crippen LogP contribution in [-0.4, -0.2) is 14.7 Å². The Hall–Kier alpha value is -1.84. The summed E-state index contributed by atoms with van der Waals surface area (Å²) >= 11 is 3.41. The third-order valence-electron chi connectivity index (χ3n) is 2.55. The molecule has 0 aliphatic heterocycles. The molecule has 102 valence electrons. The smallest absolute Gasteiger partial charge is 0.185 e. The van der Waals surface area contributed by atoms with Gasteiger partial charge in [0.05, 0.1) is 0 Å². The van der Waals surface area contributed by atoms with Crippen LogP contribution < -0.4 is 0 Å². The van der Waals surface area contributed by atoms with Crippen LogP contribution in [0.3, 0.4) is 0 Å². The van der Waals surface area contributed by atoms with Crippen LogP contribution in [0.1, 0.15) is 5.76 Å². The Morgan fingerprint density at radius 1 is 1.30 bits per heavy atom. The van der Waals surface area contributed by atoms with Crippen LogP contribution in [0.2, 0.25) is 0 Å².